The van der Waals surface area contributed by atoms with Gasteiger partial charge in [0.25, 0.3) is 0 Å². The molecule has 2 aromatic heterocycles. The van der Waals surface area contributed by atoms with Gasteiger partial charge in [0, 0.05) is 18.5 Å². The van der Waals surface area contributed by atoms with Gasteiger partial charge in [0.15, 0.2) is 5.82 Å². The van der Waals surface area contributed by atoms with Gasteiger partial charge in [-0.25, -0.2) is 9.37 Å². The van der Waals surface area contributed by atoms with Crippen LogP contribution >= 0.6 is 12.4 Å². The van der Waals surface area contributed by atoms with Gasteiger partial charge in [0.1, 0.15) is 22.9 Å². The van der Waals surface area contributed by atoms with Crippen LogP contribution in [0.4, 0.5) is 4.39 Å². The normalized spacial score (nSPS) is 13.8. The van der Waals surface area contributed by atoms with Gasteiger partial charge >= 0.3 is 0 Å². The van der Waals surface area contributed by atoms with Crippen molar-refractivity contribution >= 4 is 23.3 Å². The molecule has 0 aliphatic carbocycles. The minimum absolute atomic E-state index is 0. The van der Waals surface area contributed by atoms with Gasteiger partial charge in [-0.3, -0.25) is 0 Å². The minimum Gasteiger partial charge on any atom is -0.308 e. The summed E-state index contributed by atoms with van der Waals surface area (Å²) >= 11 is 0. The van der Waals surface area contributed by atoms with Crippen molar-refractivity contribution in [3.63, 3.8) is 0 Å². The lowest BCUT2D eigenvalue weighted by molar-refractivity contribution is 0.508. The summed E-state index contributed by atoms with van der Waals surface area (Å²) in [4.78, 5) is 4.41. The number of pyridine rings is 1. The third-order valence-electron chi connectivity index (χ3n) is 3.52. The zero-order valence-electron chi connectivity index (χ0n) is 11.1. The Morgan fingerprint density at radius 1 is 1.14 bits per heavy atom. The van der Waals surface area contributed by atoms with E-state index in [9.17, 15) is 4.39 Å². The first kappa shape index (κ1) is 13.9. The van der Waals surface area contributed by atoms with Crippen LogP contribution in [0.3, 0.4) is 0 Å². The van der Waals surface area contributed by atoms with Gasteiger partial charge in [0.2, 0.25) is 0 Å². The summed E-state index contributed by atoms with van der Waals surface area (Å²) in [5.41, 5.74) is 1.03. The molecule has 5 nitrogen and oxygen atoms in total. The molecule has 0 atom stereocenters. The average molecular weight is 306 g/mol. The Labute approximate surface area is 126 Å². The Morgan fingerprint density at radius 3 is 2.95 bits per heavy atom. The second kappa shape index (κ2) is 5.38. The van der Waals surface area contributed by atoms with Crippen molar-refractivity contribution in [1.29, 1.82) is 0 Å². The van der Waals surface area contributed by atoms with Gasteiger partial charge in [-0.05, 0) is 12.1 Å². The highest BCUT2D eigenvalue weighted by Gasteiger charge is 2.17. The van der Waals surface area contributed by atoms with E-state index in [1.54, 1.807) is 6.07 Å². The molecule has 108 valence electrons. The first-order valence-corrected chi connectivity index (χ1v) is 6.51. The predicted octanol–water partition coefficient (Wildman–Crippen LogP) is 2.16. The van der Waals surface area contributed by atoms with E-state index >= 15 is 0 Å². The van der Waals surface area contributed by atoms with Crippen molar-refractivity contribution in [1.82, 2.24) is 25.1 Å². The number of nitrogens with one attached hydrogen (secondary N) is 1. The zero-order valence-corrected chi connectivity index (χ0v) is 11.9. The Hall–Kier alpha value is -2.05. The van der Waals surface area contributed by atoms with Crippen molar-refractivity contribution < 1.29 is 4.39 Å². The summed E-state index contributed by atoms with van der Waals surface area (Å²) in [5.74, 6) is 1.28. The zero-order chi connectivity index (χ0) is 13.5. The second-order valence-electron chi connectivity index (χ2n) is 4.78. The largest absolute Gasteiger partial charge is 0.308 e. The number of rotatable bonds is 1. The molecule has 21 heavy (non-hydrogen) atoms. The monoisotopic (exact) mass is 305 g/mol. The maximum Gasteiger partial charge on any atom is 0.182 e. The number of hydrogen-bond donors (Lipinski definition) is 1. The summed E-state index contributed by atoms with van der Waals surface area (Å²) in [6.45, 7) is 2.38. The van der Waals surface area contributed by atoms with Crippen LogP contribution in [0, 0.1) is 5.82 Å². The molecule has 1 aromatic carbocycles. The first-order valence-electron chi connectivity index (χ1n) is 6.51. The van der Waals surface area contributed by atoms with E-state index < -0.39 is 0 Å². The lowest BCUT2D eigenvalue weighted by Gasteiger charge is -2.15. The smallest absolute Gasteiger partial charge is 0.182 e. The molecular formula is C14H13ClFN5. The molecule has 1 N–H and O–H groups in total. The Balaban J connectivity index is 0.00000132. The molecule has 0 saturated heterocycles. The third kappa shape index (κ3) is 2.26. The molecule has 3 heterocycles. The Morgan fingerprint density at radius 2 is 2.05 bits per heavy atom. The number of aromatic nitrogens is 4. The number of nitrogens with zero attached hydrogens (tertiary/aromatic N) is 4. The second-order valence-corrected chi connectivity index (χ2v) is 4.78. The van der Waals surface area contributed by atoms with E-state index in [0.717, 1.165) is 24.3 Å². The molecule has 7 heteroatoms. The SMILES string of the molecule is Cl.Fc1cccc2ccc(-c3nnc4n3CCNC4)nc12. The molecule has 0 radical (unpaired) electrons. The van der Waals surface area contributed by atoms with E-state index in [-0.39, 0.29) is 18.2 Å². The van der Waals surface area contributed by atoms with Gasteiger partial charge in [-0.1, -0.05) is 18.2 Å². The predicted molar refractivity (Wildman–Crippen MR) is 79.7 cm³/mol. The van der Waals surface area contributed by atoms with Crippen molar-refractivity contribution in [2.24, 2.45) is 0 Å². The third-order valence-corrected chi connectivity index (χ3v) is 3.52. The fourth-order valence-corrected chi connectivity index (χ4v) is 2.52. The van der Waals surface area contributed by atoms with Gasteiger partial charge in [-0.2, -0.15) is 0 Å². The maximum absolute atomic E-state index is 13.8. The summed E-state index contributed by atoms with van der Waals surface area (Å²) in [6, 6.07) is 8.68. The topological polar surface area (TPSA) is 55.6 Å². The van der Waals surface area contributed by atoms with Crippen molar-refractivity contribution in [3.8, 4) is 11.5 Å². The van der Waals surface area contributed by atoms with Crippen LogP contribution in [0.2, 0.25) is 0 Å². The molecule has 1 aliphatic rings. The van der Waals surface area contributed by atoms with Gasteiger partial charge in [0.05, 0.1) is 6.54 Å². The van der Waals surface area contributed by atoms with Crippen LogP contribution in [0.5, 0.6) is 0 Å². The number of fused-ring (bicyclic) bond motifs is 2. The van der Waals surface area contributed by atoms with Crippen molar-refractivity contribution in [2.75, 3.05) is 6.54 Å². The number of para-hydroxylation sites is 1. The van der Waals surface area contributed by atoms with E-state index in [4.69, 9.17) is 0 Å². The first-order chi connectivity index (χ1) is 9.83. The molecule has 0 unspecified atom stereocenters. The Bertz CT molecular complexity index is 801. The minimum atomic E-state index is -0.315. The highest BCUT2D eigenvalue weighted by atomic mass is 35.5. The van der Waals surface area contributed by atoms with E-state index in [1.165, 1.54) is 6.07 Å². The lowest BCUT2D eigenvalue weighted by atomic mass is 10.2. The van der Waals surface area contributed by atoms with Crippen LogP contribution in [-0.4, -0.2) is 26.3 Å². The van der Waals surface area contributed by atoms with Crippen LogP contribution in [0.25, 0.3) is 22.4 Å². The standard InChI is InChI=1S/C14H12FN5.ClH/c15-10-3-1-2-9-4-5-11(17-13(9)10)14-19-18-12-8-16-6-7-20(12)14;/h1-5,16H,6-8H2;1H. The molecule has 4 rings (SSSR count). The van der Waals surface area contributed by atoms with E-state index in [1.807, 2.05) is 22.8 Å². The molecule has 0 fully saturated rings. The van der Waals surface area contributed by atoms with Gasteiger partial charge < -0.3 is 9.88 Å². The fraction of sp³-hybridized carbons (Fsp3) is 0.214. The van der Waals surface area contributed by atoms with Gasteiger partial charge in [-0.15, -0.1) is 22.6 Å². The van der Waals surface area contributed by atoms with E-state index in [0.29, 0.717) is 23.6 Å². The quantitative estimate of drug-likeness (QED) is 0.748. The van der Waals surface area contributed by atoms with Crippen molar-refractivity contribution in [3.05, 3.63) is 42.0 Å². The highest BCUT2D eigenvalue weighted by Crippen LogP contribution is 2.22. The molecule has 0 amide bonds. The lowest BCUT2D eigenvalue weighted by Crippen LogP contribution is -2.28. The summed E-state index contributed by atoms with van der Waals surface area (Å²) < 4.78 is 15.9. The van der Waals surface area contributed by atoms with Crippen LogP contribution in [0.15, 0.2) is 30.3 Å². The number of benzene rings is 1. The molecule has 0 saturated carbocycles. The van der Waals surface area contributed by atoms with Crippen LogP contribution in [0.1, 0.15) is 5.82 Å². The fourth-order valence-electron chi connectivity index (χ4n) is 2.52. The summed E-state index contributed by atoms with van der Waals surface area (Å²) in [7, 11) is 0. The highest BCUT2D eigenvalue weighted by molar-refractivity contribution is 5.85. The Kier molecular flexibility index (Phi) is 3.57. The molecule has 0 bridgehead atoms. The summed E-state index contributed by atoms with van der Waals surface area (Å²) in [5, 5.41) is 12.4. The summed E-state index contributed by atoms with van der Waals surface area (Å²) in [6.07, 6.45) is 0. The maximum atomic E-state index is 13.8. The molecule has 0 spiro atoms. The van der Waals surface area contributed by atoms with E-state index in [2.05, 4.69) is 20.5 Å². The average Bonchev–Trinajstić information content (AvgIpc) is 2.91. The number of hydrogen-bond acceptors (Lipinski definition) is 4. The molecule has 1 aliphatic heterocycles. The molecule has 3 aromatic rings. The molecular weight excluding hydrogens is 293 g/mol. The number of halogens is 2. The van der Waals surface area contributed by atoms with Crippen LogP contribution < -0.4 is 5.32 Å². The van der Waals surface area contributed by atoms with Crippen LogP contribution in [-0.2, 0) is 13.1 Å². The van der Waals surface area contributed by atoms with Crippen molar-refractivity contribution in [2.45, 2.75) is 13.1 Å².